The molecule has 6 heteroatoms. The molecule has 0 spiro atoms. The van der Waals surface area contributed by atoms with E-state index in [0.29, 0.717) is 0 Å². The number of fused-ring (bicyclic) bond motifs is 1. The molecule has 0 unspecified atom stereocenters. The number of aromatic nitrogens is 3. The van der Waals surface area contributed by atoms with E-state index >= 15 is 0 Å². The van der Waals surface area contributed by atoms with Crippen molar-refractivity contribution in [2.45, 2.75) is 33.9 Å². The maximum Gasteiger partial charge on any atom is 0.194 e. The van der Waals surface area contributed by atoms with Crippen LogP contribution < -0.4 is 5.32 Å². The van der Waals surface area contributed by atoms with Gasteiger partial charge in [0.15, 0.2) is 4.96 Å². The van der Waals surface area contributed by atoms with Gasteiger partial charge in [0, 0.05) is 29.5 Å². The van der Waals surface area contributed by atoms with Crippen LogP contribution in [0, 0.1) is 20.8 Å². The summed E-state index contributed by atoms with van der Waals surface area (Å²) in [6.07, 6.45) is 0. The van der Waals surface area contributed by atoms with Gasteiger partial charge in [-0.25, -0.2) is 9.97 Å². The fourth-order valence-corrected chi connectivity index (χ4v) is 3.72. The normalized spacial score (nSPS) is 11.5. The summed E-state index contributed by atoms with van der Waals surface area (Å²) in [7, 11) is 0. The molecule has 0 saturated carbocycles. The van der Waals surface area contributed by atoms with Crippen molar-refractivity contribution in [2.75, 3.05) is 0 Å². The van der Waals surface area contributed by atoms with Crippen LogP contribution in [-0.4, -0.2) is 14.4 Å². The summed E-state index contributed by atoms with van der Waals surface area (Å²) in [6.45, 7) is 7.86. The van der Waals surface area contributed by atoms with Gasteiger partial charge in [-0.2, -0.15) is 0 Å². The third-order valence-electron chi connectivity index (χ3n) is 3.09. The third-order valence-corrected chi connectivity index (χ3v) is 4.86. The minimum absolute atomic E-state index is 0.806. The van der Waals surface area contributed by atoms with E-state index < -0.39 is 0 Å². The molecule has 0 amide bonds. The molecule has 0 saturated heterocycles. The van der Waals surface area contributed by atoms with Gasteiger partial charge >= 0.3 is 0 Å². The molecular formula is C13H16N4S2. The second-order valence-electron chi connectivity index (χ2n) is 4.60. The van der Waals surface area contributed by atoms with Crippen LogP contribution >= 0.6 is 22.7 Å². The summed E-state index contributed by atoms with van der Waals surface area (Å²) in [5, 5.41) is 8.83. The number of hydrogen-bond donors (Lipinski definition) is 1. The molecule has 100 valence electrons. The minimum Gasteiger partial charge on any atom is -0.305 e. The van der Waals surface area contributed by atoms with E-state index in [1.807, 2.05) is 6.92 Å². The highest BCUT2D eigenvalue weighted by atomic mass is 32.1. The van der Waals surface area contributed by atoms with Crippen molar-refractivity contribution in [3.8, 4) is 0 Å². The molecule has 0 radical (unpaired) electrons. The molecule has 3 heterocycles. The Labute approximate surface area is 120 Å². The Balaban J connectivity index is 1.74. The first-order valence-corrected chi connectivity index (χ1v) is 7.95. The largest absolute Gasteiger partial charge is 0.305 e. The van der Waals surface area contributed by atoms with Gasteiger partial charge in [0.2, 0.25) is 0 Å². The van der Waals surface area contributed by atoms with Crippen molar-refractivity contribution in [3.05, 3.63) is 38.5 Å². The average molecular weight is 292 g/mol. The first kappa shape index (κ1) is 12.8. The zero-order chi connectivity index (χ0) is 13.4. The summed E-state index contributed by atoms with van der Waals surface area (Å²) < 4.78 is 2.24. The number of thiazole rings is 2. The zero-order valence-corrected chi connectivity index (χ0v) is 12.9. The Kier molecular flexibility index (Phi) is 3.38. The lowest BCUT2D eigenvalue weighted by atomic mass is 10.3. The Bertz CT molecular complexity index is 707. The molecule has 3 aromatic heterocycles. The van der Waals surface area contributed by atoms with E-state index in [9.17, 15) is 0 Å². The van der Waals surface area contributed by atoms with Gasteiger partial charge < -0.3 is 5.32 Å². The lowest BCUT2D eigenvalue weighted by Gasteiger charge is -2.04. The third kappa shape index (κ3) is 2.43. The first-order valence-electron chi connectivity index (χ1n) is 6.19. The molecule has 0 aliphatic carbocycles. The Hall–Kier alpha value is -1.24. The smallest absolute Gasteiger partial charge is 0.194 e. The summed E-state index contributed by atoms with van der Waals surface area (Å²) in [4.78, 5) is 10.1. The Morgan fingerprint density at radius 2 is 1.95 bits per heavy atom. The van der Waals surface area contributed by atoms with E-state index in [1.165, 1.54) is 11.4 Å². The summed E-state index contributed by atoms with van der Waals surface area (Å²) in [5.41, 5.74) is 4.72. The maximum atomic E-state index is 4.59. The molecule has 3 aromatic rings. The van der Waals surface area contributed by atoms with Crippen molar-refractivity contribution < 1.29 is 0 Å². The molecule has 19 heavy (non-hydrogen) atoms. The van der Waals surface area contributed by atoms with Gasteiger partial charge in [-0.3, -0.25) is 4.40 Å². The number of imidazole rings is 1. The van der Waals surface area contributed by atoms with Crippen LogP contribution in [0.3, 0.4) is 0 Å². The van der Waals surface area contributed by atoms with E-state index in [0.717, 1.165) is 34.4 Å². The molecule has 0 fully saturated rings. The molecule has 0 bridgehead atoms. The number of rotatable bonds is 4. The lowest BCUT2D eigenvalue weighted by Crippen LogP contribution is -2.15. The maximum absolute atomic E-state index is 4.59. The monoisotopic (exact) mass is 292 g/mol. The van der Waals surface area contributed by atoms with E-state index in [1.54, 1.807) is 22.7 Å². The highest BCUT2D eigenvalue weighted by molar-refractivity contribution is 7.15. The average Bonchev–Trinajstić information content (AvgIpc) is 3.01. The van der Waals surface area contributed by atoms with Crippen LogP contribution in [0.25, 0.3) is 4.96 Å². The van der Waals surface area contributed by atoms with Crippen molar-refractivity contribution in [3.63, 3.8) is 0 Å². The summed E-state index contributed by atoms with van der Waals surface area (Å²) in [6, 6.07) is 0. The molecule has 0 aromatic carbocycles. The van der Waals surface area contributed by atoms with Crippen molar-refractivity contribution in [1.29, 1.82) is 0 Å². The van der Waals surface area contributed by atoms with Gasteiger partial charge in [-0.1, -0.05) is 0 Å². The highest BCUT2D eigenvalue weighted by Gasteiger charge is 2.11. The second kappa shape index (κ2) is 5.03. The zero-order valence-electron chi connectivity index (χ0n) is 11.2. The quantitative estimate of drug-likeness (QED) is 0.803. The second-order valence-corrected chi connectivity index (χ2v) is 6.50. The predicted octanol–water partition coefficient (Wildman–Crippen LogP) is 3.07. The fourth-order valence-electron chi connectivity index (χ4n) is 2.17. The number of nitrogens with one attached hydrogen (secondary N) is 1. The lowest BCUT2D eigenvalue weighted by molar-refractivity contribution is 0.661. The van der Waals surface area contributed by atoms with Gasteiger partial charge in [0.25, 0.3) is 0 Å². The standard InChI is InChI=1S/C13H16N4S2/c1-8-6-19-13-15-9(2)12(17(8)13)5-14-4-11-7-18-10(3)16-11/h6-7,14H,4-5H2,1-3H3. The van der Waals surface area contributed by atoms with Crippen LogP contribution in [0.5, 0.6) is 0 Å². The summed E-state index contributed by atoms with van der Waals surface area (Å²) >= 11 is 3.39. The van der Waals surface area contributed by atoms with Crippen LogP contribution in [0.2, 0.25) is 0 Å². The summed E-state index contributed by atoms with van der Waals surface area (Å²) in [5.74, 6) is 0. The van der Waals surface area contributed by atoms with Crippen LogP contribution in [-0.2, 0) is 13.1 Å². The molecule has 3 rings (SSSR count). The Morgan fingerprint density at radius 3 is 2.68 bits per heavy atom. The van der Waals surface area contributed by atoms with E-state index in [4.69, 9.17) is 0 Å². The highest BCUT2D eigenvalue weighted by Crippen LogP contribution is 2.20. The van der Waals surface area contributed by atoms with Crippen LogP contribution in [0.1, 0.15) is 27.8 Å². The molecule has 1 N–H and O–H groups in total. The molecule has 0 aliphatic heterocycles. The first-order chi connectivity index (χ1) is 9.15. The van der Waals surface area contributed by atoms with Gasteiger partial charge in [0.1, 0.15) is 0 Å². The van der Waals surface area contributed by atoms with Gasteiger partial charge in [-0.05, 0) is 20.8 Å². The number of nitrogens with zero attached hydrogens (tertiary/aromatic N) is 3. The number of hydrogen-bond acceptors (Lipinski definition) is 5. The molecule has 0 atom stereocenters. The fraction of sp³-hybridized carbons (Fsp3) is 0.385. The molecule has 0 aliphatic rings. The Morgan fingerprint density at radius 1 is 1.11 bits per heavy atom. The van der Waals surface area contributed by atoms with Crippen LogP contribution in [0.15, 0.2) is 10.8 Å². The van der Waals surface area contributed by atoms with E-state index in [2.05, 4.69) is 44.3 Å². The minimum atomic E-state index is 0.806. The number of aryl methyl sites for hydroxylation is 3. The van der Waals surface area contributed by atoms with Gasteiger partial charge in [-0.15, -0.1) is 22.7 Å². The van der Waals surface area contributed by atoms with Crippen molar-refractivity contribution in [1.82, 2.24) is 19.7 Å². The van der Waals surface area contributed by atoms with Gasteiger partial charge in [0.05, 0.1) is 22.1 Å². The van der Waals surface area contributed by atoms with Crippen LogP contribution in [0.4, 0.5) is 0 Å². The topological polar surface area (TPSA) is 42.2 Å². The predicted molar refractivity (Wildman–Crippen MR) is 79.9 cm³/mol. The van der Waals surface area contributed by atoms with Crippen molar-refractivity contribution in [2.24, 2.45) is 0 Å². The SMILES string of the molecule is Cc1nc(CNCc2c(C)nc3scc(C)n23)cs1. The van der Waals surface area contributed by atoms with Crippen molar-refractivity contribution >= 4 is 27.6 Å². The molecular weight excluding hydrogens is 276 g/mol. The molecule has 4 nitrogen and oxygen atoms in total. The van der Waals surface area contributed by atoms with E-state index in [-0.39, 0.29) is 0 Å².